The molecule has 136 valence electrons. The lowest BCUT2D eigenvalue weighted by atomic mass is 10.2. The number of hydrogen-bond acceptors (Lipinski definition) is 4. The third kappa shape index (κ3) is 5.38. The van der Waals surface area contributed by atoms with Crippen LogP contribution < -0.4 is 9.47 Å². The largest absolute Gasteiger partial charge is 0.494 e. The normalized spacial score (nSPS) is 9.88. The Morgan fingerprint density at radius 3 is 1.92 bits per heavy atom. The number of aliphatic hydroxyl groups excluding tert-OH is 1. The summed E-state index contributed by atoms with van der Waals surface area (Å²) < 4.78 is 37.0. The Morgan fingerprint density at radius 1 is 1.00 bits per heavy atom. The van der Waals surface area contributed by atoms with Gasteiger partial charge in [-0.3, -0.25) is 0 Å². The lowest BCUT2D eigenvalue weighted by Crippen LogP contribution is -2.05. The SMILES string of the molecule is COc1ccc(I)c(C(=O)O)c1F.COc1ccc(I)c(CO)c1F. The molecule has 5 nitrogen and oxygen atoms in total. The van der Waals surface area contributed by atoms with E-state index in [1.165, 1.54) is 32.4 Å². The molecule has 0 aliphatic heterocycles. The molecule has 0 atom stereocenters. The molecule has 0 aliphatic carbocycles. The molecule has 0 radical (unpaired) electrons. The average Bonchev–Trinajstić information content (AvgIpc) is 2.56. The number of ether oxygens (including phenoxy) is 2. The second-order valence-electron chi connectivity index (χ2n) is 4.44. The van der Waals surface area contributed by atoms with Gasteiger partial charge in [-0.05, 0) is 69.4 Å². The molecule has 2 aromatic rings. The zero-order valence-electron chi connectivity index (χ0n) is 13.1. The Morgan fingerprint density at radius 2 is 1.48 bits per heavy atom. The number of carbonyl (C=O) groups is 1. The van der Waals surface area contributed by atoms with Crippen LogP contribution in [0.15, 0.2) is 24.3 Å². The van der Waals surface area contributed by atoms with E-state index in [1.807, 2.05) is 22.6 Å². The van der Waals surface area contributed by atoms with Crippen molar-refractivity contribution in [3.8, 4) is 11.5 Å². The fourth-order valence-electron chi connectivity index (χ4n) is 1.77. The second-order valence-corrected chi connectivity index (χ2v) is 6.77. The van der Waals surface area contributed by atoms with Gasteiger partial charge in [0.05, 0.1) is 20.8 Å². The van der Waals surface area contributed by atoms with Crippen molar-refractivity contribution in [2.24, 2.45) is 0 Å². The fourth-order valence-corrected chi connectivity index (χ4v) is 3.00. The van der Waals surface area contributed by atoms with E-state index in [0.29, 0.717) is 7.14 Å². The first-order valence-electron chi connectivity index (χ1n) is 6.65. The van der Waals surface area contributed by atoms with Gasteiger partial charge in [-0.25, -0.2) is 13.6 Å². The molecule has 0 unspecified atom stereocenters. The Labute approximate surface area is 170 Å². The van der Waals surface area contributed by atoms with E-state index < -0.39 is 17.6 Å². The Kier molecular flexibility index (Phi) is 8.79. The van der Waals surface area contributed by atoms with Crippen molar-refractivity contribution in [2.75, 3.05) is 14.2 Å². The number of hydrogen-bond donors (Lipinski definition) is 2. The van der Waals surface area contributed by atoms with Gasteiger partial charge in [0.1, 0.15) is 5.56 Å². The monoisotopic (exact) mass is 578 g/mol. The Hall–Kier alpha value is -1.21. The van der Waals surface area contributed by atoms with Crippen molar-refractivity contribution >= 4 is 51.2 Å². The van der Waals surface area contributed by atoms with Crippen LogP contribution in [0.25, 0.3) is 0 Å². The summed E-state index contributed by atoms with van der Waals surface area (Å²) >= 11 is 3.72. The molecular formula is C16H14F2I2O5. The predicted octanol–water partition coefficient (Wildman–Crippen LogP) is 4.07. The van der Waals surface area contributed by atoms with Gasteiger partial charge in [0.2, 0.25) is 0 Å². The van der Waals surface area contributed by atoms with Crippen LogP contribution in [0, 0.1) is 18.8 Å². The van der Waals surface area contributed by atoms with Gasteiger partial charge in [-0.1, -0.05) is 0 Å². The molecule has 0 fully saturated rings. The number of carboxylic acid groups (broad SMARTS) is 1. The van der Waals surface area contributed by atoms with Crippen LogP contribution in [0.5, 0.6) is 11.5 Å². The second kappa shape index (κ2) is 10.1. The quantitative estimate of drug-likeness (QED) is 0.536. The van der Waals surface area contributed by atoms with Crippen LogP contribution in [0.2, 0.25) is 0 Å². The van der Waals surface area contributed by atoms with Gasteiger partial charge in [0.15, 0.2) is 23.1 Å². The third-order valence-corrected chi connectivity index (χ3v) is 4.93. The number of aromatic carboxylic acids is 1. The molecule has 0 aromatic heterocycles. The summed E-state index contributed by atoms with van der Waals surface area (Å²) in [6, 6.07) is 6.12. The molecule has 0 heterocycles. The van der Waals surface area contributed by atoms with E-state index in [4.69, 9.17) is 14.9 Å². The highest BCUT2D eigenvalue weighted by molar-refractivity contribution is 14.1. The highest BCUT2D eigenvalue weighted by Crippen LogP contribution is 2.25. The third-order valence-electron chi connectivity index (χ3n) is 3.02. The molecule has 0 amide bonds. The highest BCUT2D eigenvalue weighted by Gasteiger charge is 2.18. The smallest absolute Gasteiger partial charge is 0.339 e. The van der Waals surface area contributed by atoms with E-state index in [1.54, 1.807) is 28.7 Å². The molecule has 25 heavy (non-hydrogen) atoms. The summed E-state index contributed by atoms with van der Waals surface area (Å²) in [7, 11) is 2.68. The fraction of sp³-hybridized carbons (Fsp3) is 0.188. The maximum absolute atomic E-state index is 13.3. The topological polar surface area (TPSA) is 76.0 Å². The van der Waals surface area contributed by atoms with Crippen LogP contribution in [-0.4, -0.2) is 30.4 Å². The standard InChI is InChI=1S/C8H6FIO3.C8H8FIO2/c1-13-5-3-2-4(10)6(7(5)9)8(11)12;1-12-7-3-2-6(10)5(4-11)8(7)9/h2-3H,1H3,(H,11,12);2-3,11H,4H2,1H3. The molecule has 2 N–H and O–H groups in total. The van der Waals surface area contributed by atoms with E-state index in [-0.39, 0.29) is 29.2 Å². The van der Waals surface area contributed by atoms with Crippen molar-refractivity contribution < 1.29 is 33.3 Å². The lowest BCUT2D eigenvalue weighted by molar-refractivity contribution is 0.0689. The number of rotatable bonds is 4. The zero-order valence-corrected chi connectivity index (χ0v) is 17.5. The molecule has 2 rings (SSSR count). The van der Waals surface area contributed by atoms with E-state index in [9.17, 15) is 13.6 Å². The summed E-state index contributed by atoms with van der Waals surface area (Å²) in [4.78, 5) is 10.6. The van der Waals surface area contributed by atoms with Gasteiger partial charge >= 0.3 is 5.97 Å². The minimum absolute atomic E-state index is 0.0576. The van der Waals surface area contributed by atoms with Crippen LogP contribution in [-0.2, 0) is 6.61 Å². The molecule has 0 saturated carbocycles. The van der Waals surface area contributed by atoms with Crippen molar-refractivity contribution in [3.05, 3.63) is 54.2 Å². The van der Waals surface area contributed by atoms with Crippen molar-refractivity contribution in [1.82, 2.24) is 0 Å². The number of halogens is 4. The van der Waals surface area contributed by atoms with Gasteiger partial charge in [0, 0.05) is 12.7 Å². The van der Waals surface area contributed by atoms with E-state index >= 15 is 0 Å². The number of aliphatic hydroxyl groups is 1. The minimum Gasteiger partial charge on any atom is -0.494 e. The molecule has 0 saturated heterocycles. The van der Waals surface area contributed by atoms with Crippen molar-refractivity contribution in [1.29, 1.82) is 0 Å². The number of benzene rings is 2. The maximum atomic E-state index is 13.3. The molecule has 9 heteroatoms. The van der Waals surface area contributed by atoms with Crippen molar-refractivity contribution in [2.45, 2.75) is 6.61 Å². The van der Waals surface area contributed by atoms with Crippen LogP contribution in [0.3, 0.4) is 0 Å². The van der Waals surface area contributed by atoms with E-state index in [0.717, 1.165) is 0 Å². The first kappa shape index (κ1) is 21.8. The van der Waals surface area contributed by atoms with Gasteiger partial charge in [0.25, 0.3) is 0 Å². The summed E-state index contributed by atoms with van der Waals surface area (Å²) in [5.74, 6) is -2.49. The molecule has 0 aliphatic rings. The predicted molar refractivity (Wildman–Crippen MR) is 104 cm³/mol. The van der Waals surface area contributed by atoms with E-state index in [2.05, 4.69) is 4.74 Å². The zero-order chi connectivity index (χ0) is 19.1. The molecule has 2 aromatic carbocycles. The highest BCUT2D eigenvalue weighted by atomic mass is 127. The maximum Gasteiger partial charge on any atom is 0.339 e. The van der Waals surface area contributed by atoms with Gasteiger partial charge < -0.3 is 19.7 Å². The van der Waals surface area contributed by atoms with Gasteiger partial charge in [-0.15, -0.1) is 0 Å². The minimum atomic E-state index is -1.29. The van der Waals surface area contributed by atoms with Crippen LogP contribution in [0.4, 0.5) is 8.78 Å². The van der Waals surface area contributed by atoms with Crippen molar-refractivity contribution in [3.63, 3.8) is 0 Å². The summed E-state index contributed by atoms with van der Waals surface area (Å²) in [5, 5.41) is 17.5. The number of carboxylic acids is 1. The molecule has 0 spiro atoms. The number of methoxy groups -OCH3 is 2. The Balaban J connectivity index is 0.000000251. The lowest BCUT2D eigenvalue weighted by Gasteiger charge is -2.06. The Bertz CT molecular complexity index is 769. The average molecular weight is 578 g/mol. The summed E-state index contributed by atoms with van der Waals surface area (Å²) in [5.41, 5.74) is -0.0603. The molecular weight excluding hydrogens is 564 g/mol. The first-order chi connectivity index (χ1) is 11.8. The van der Waals surface area contributed by atoms with Crippen LogP contribution >= 0.6 is 45.2 Å². The van der Waals surface area contributed by atoms with Crippen LogP contribution in [0.1, 0.15) is 15.9 Å². The van der Waals surface area contributed by atoms with Gasteiger partial charge in [-0.2, -0.15) is 0 Å². The summed E-state index contributed by atoms with van der Waals surface area (Å²) in [6.07, 6.45) is 0. The molecule has 0 bridgehead atoms. The first-order valence-corrected chi connectivity index (χ1v) is 8.81. The summed E-state index contributed by atoms with van der Waals surface area (Å²) in [6.45, 7) is -0.304.